The molecular formula is C14H31NO3S. The third-order valence-electron chi connectivity index (χ3n) is 3.44. The van der Waals surface area contributed by atoms with Crippen LogP contribution in [0.2, 0.25) is 0 Å². The van der Waals surface area contributed by atoms with Crippen molar-refractivity contribution in [2.45, 2.75) is 64.7 Å². The third-order valence-corrected chi connectivity index (χ3v) is 3.44. The molecule has 4 nitrogen and oxygen atoms in total. The van der Waals surface area contributed by atoms with Crippen LogP contribution in [0.4, 0.5) is 0 Å². The van der Waals surface area contributed by atoms with E-state index in [1.807, 2.05) is 4.90 Å². The molecule has 1 saturated heterocycles. The van der Waals surface area contributed by atoms with Crippen LogP contribution in [0.15, 0.2) is 0 Å². The maximum atomic E-state index is 9.08. The lowest BCUT2D eigenvalue weighted by atomic mass is 10.1. The second-order valence-corrected chi connectivity index (χ2v) is 6.94. The minimum absolute atomic E-state index is 0.604. The van der Waals surface area contributed by atoms with Gasteiger partial charge in [-0.05, 0) is 12.8 Å². The van der Waals surface area contributed by atoms with Crippen LogP contribution >= 0.6 is 0 Å². The number of hydrogen-bond donors (Lipinski definition) is 1. The van der Waals surface area contributed by atoms with E-state index in [2.05, 4.69) is 6.92 Å². The summed E-state index contributed by atoms with van der Waals surface area (Å²) in [5, 5.41) is 0. The van der Waals surface area contributed by atoms with Gasteiger partial charge in [0.15, 0.2) is 0 Å². The largest absolute Gasteiger partial charge is 0.748 e. The molecule has 1 aliphatic rings. The van der Waals surface area contributed by atoms with Crippen LogP contribution in [0.5, 0.6) is 0 Å². The Kier molecular flexibility index (Phi) is 11.6. The Morgan fingerprint density at radius 3 is 1.84 bits per heavy atom. The van der Waals surface area contributed by atoms with Gasteiger partial charge in [0, 0.05) is 19.1 Å². The predicted octanol–water partition coefficient (Wildman–Crippen LogP) is 1.58. The highest BCUT2D eigenvalue weighted by Crippen LogP contribution is 2.06. The SMILES string of the molecule is CCCCCCCCC[NH+]1CCCC1.CS(=O)(=O)[O-]. The van der Waals surface area contributed by atoms with Gasteiger partial charge in [-0.25, -0.2) is 8.42 Å². The van der Waals surface area contributed by atoms with Crippen molar-refractivity contribution in [1.29, 1.82) is 0 Å². The van der Waals surface area contributed by atoms with Gasteiger partial charge in [-0.3, -0.25) is 0 Å². The number of nitrogens with one attached hydrogen (secondary N) is 1. The van der Waals surface area contributed by atoms with Crippen LogP contribution in [0.25, 0.3) is 0 Å². The Morgan fingerprint density at radius 2 is 1.37 bits per heavy atom. The molecular weight excluding hydrogens is 262 g/mol. The maximum absolute atomic E-state index is 9.08. The van der Waals surface area contributed by atoms with Crippen LogP contribution in [-0.4, -0.2) is 38.9 Å². The van der Waals surface area contributed by atoms with Gasteiger partial charge >= 0.3 is 0 Å². The molecule has 0 aromatic rings. The van der Waals surface area contributed by atoms with Crippen molar-refractivity contribution in [3.63, 3.8) is 0 Å². The molecule has 0 amide bonds. The summed E-state index contributed by atoms with van der Waals surface area (Å²) in [7, 11) is -3.92. The summed E-state index contributed by atoms with van der Waals surface area (Å²) < 4.78 is 27.2. The van der Waals surface area contributed by atoms with E-state index in [9.17, 15) is 0 Å². The minimum atomic E-state index is -3.92. The Hall–Kier alpha value is -0.130. The summed E-state index contributed by atoms with van der Waals surface area (Å²) in [5.74, 6) is 0. The fourth-order valence-electron chi connectivity index (χ4n) is 2.46. The molecule has 5 heteroatoms. The molecule has 19 heavy (non-hydrogen) atoms. The van der Waals surface area contributed by atoms with Crippen molar-refractivity contribution in [3.05, 3.63) is 0 Å². The smallest absolute Gasteiger partial charge is 0.0916 e. The number of unbranched alkanes of at least 4 members (excludes halogenated alkanes) is 6. The number of likely N-dealkylation sites (tertiary alicyclic amines) is 1. The van der Waals surface area contributed by atoms with Crippen molar-refractivity contribution in [2.24, 2.45) is 0 Å². The number of hydrogen-bond acceptors (Lipinski definition) is 3. The zero-order valence-electron chi connectivity index (χ0n) is 12.6. The molecule has 0 radical (unpaired) electrons. The van der Waals surface area contributed by atoms with E-state index in [0.717, 1.165) is 0 Å². The number of rotatable bonds is 8. The van der Waals surface area contributed by atoms with Gasteiger partial charge in [0.2, 0.25) is 0 Å². The van der Waals surface area contributed by atoms with Crippen LogP contribution in [0.3, 0.4) is 0 Å². The highest BCUT2D eigenvalue weighted by atomic mass is 32.2. The van der Waals surface area contributed by atoms with E-state index in [0.29, 0.717) is 6.26 Å². The summed E-state index contributed by atoms with van der Waals surface area (Å²) >= 11 is 0. The first-order valence-corrected chi connectivity index (χ1v) is 9.49. The molecule has 116 valence electrons. The summed E-state index contributed by atoms with van der Waals surface area (Å²) in [6.45, 7) is 6.65. The normalized spacial score (nSPS) is 16.2. The highest BCUT2D eigenvalue weighted by molar-refractivity contribution is 7.84. The maximum Gasteiger partial charge on any atom is 0.0916 e. The molecule has 0 bridgehead atoms. The molecule has 1 heterocycles. The average Bonchev–Trinajstić information content (AvgIpc) is 2.78. The van der Waals surface area contributed by atoms with E-state index in [4.69, 9.17) is 13.0 Å². The van der Waals surface area contributed by atoms with Gasteiger partial charge in [0.05, 0.1) is 29.8 Å². The second kappa shape index (κ2) is 11.7. The van der Waals surface area contributed by atoms with Crippen molar-refractivity contribution in [2.75, 3.05) is 25.9 Å². The third kappa shape index (κ3) is 17.9. The molecule has 0 atom stereocenters. The van der Waals surface area contributed by atoms with Gasteiger partial charge in [-0.2, -0.15) is 0 Å². The van der Waals surface area contributed by atoms with Gasteiger partial charge in [0.1, 0.15) is 0 Å². The first-order chi connectivity index (χ1) is 8.93. The Bertz CT molecular complexity index is 277. The summed E-state index contributed by atoms with van der Waals surface area (Å²) in [6.07, 6.45) is 13.7. The van der Waals surface area contributed by atoms with Crippen molar-refractivity contribution >= 4 is 10.1 Å². The standard InChI is InChI=1S/C13H27N.CH4O3S/c1-2-3-4-5-6-7-8-11-14-12-9-10-13-14;1-5(2,3)4/h2-13H2,1H3;1H3,(H,2,3,4). The highest BCUT2D eigenvalue weighted by Gasteiger charge is 2.13. The zero-order chi connectivity index (χ0) is 14.6. The fraction of sp³-hybridized carbons (Fsp3) is 1.00. The average molecular weight is 293 g/mol. The topological polar surface area (TPSA) is 61.6 Å². The lowest BCUT2D eigenvalue weighted by molar-refractivity contribution is -0.887. The predicted molar refractivity (Wildman–Crippen MR) is 78.4 cm³/mol. The Labute approximate surface area is 119 Å². The van der Waals surface area contributed by atoms with Gasteiger partial charge in [0.25, 0.3) is 0 Å². The Morgan fingerprint density at radius 1 is 0.947 bits per heavy atom. The van der Waals surface area contributed by atoms with Crippen LogP contribution < -0.4 is 4.90 Å². The lowest BCUT2D eigenvalue weighted by Gasteiger charge is -2.11. The van der Waals surface area contributed by atoms with E-state index in [1.165, 1.54) is 77.4 Å². The van der Waals surface area contributed by atoms with E-state index in [-0.39, 0.29) is 0 Å². The summed E-state index contributed by atoms with van der Waals surface area (Å²) in [5.41, 5.74) is 0. The fourth-order valence-corrected chi connectivity index (χ4v) is 2.46. The Balaban J connectivity index is 0.000000555. The van der Waals surface area contributed by atoms with Gasteiger partial charge < -0.3 is 9.45 Å². The van der Waals surface area contributed by atoms with E-state index >= 15 is 0 Å². The molecule has 0 aliphatic carbocycles. The van der Waals surface area contributed by atoms with Crippen molar-refractivity contribution < 1.29 is 17.9 Å². The molecule has 0 aromatic heterocycles. The molecule has 1 N–H and O–H groups in total. The van der Waals surface area contributed by atoms with Crippen LogP contribution in [0, 0.1) is 0 Å². The minimum Gasteiger partial charge on any atom is -0.748 e. The van der Waals surface area contributed by atoms with Crippen LogP contribution in [0.1, 0.15) is 64.7 Å². The molecule has 1 fully saturated rings. The van der Waals surface area contributed by atoms with Gasteiger partial charge in [-0.15, -0.1) is 0 Å². The molecule has 0 saturated carbocycles. The zero-order valence-corrected chi connectivity index (χ0v) is 13.4. The molecule has 1 aliphatic heterocycles. The molecule has 0 aromatic carbocycles. The van der Waals surface area contributed by atoms with Crippen molar-refractivity contribution in [1.82, 2.24) is 0 Å². The summed E-state index contributed by atoms with van der Waals surface area (Å²) in [6, 6.07) is 0. The van der Waals surface area contributed by atoms with Crippen molar-refractivity contribution in [3.8, 4) is 0 Å². The number of quaternary nitrogens is 1. The molecule has 0 unspecified atom stereocenters. The molecule has 1 rings (SSSR count). The second-order valence-electron chi connectivity index (χ2n) is 5.53. The van der Waals surface area contributed by atoms with E-state index < -0.39 is 10.1 Å². The van der Waals surface area contributed by atoms with Gasteiger partial charge in [-0.1, -0.05) is 39.0 Å². The molecule has 0 spiro atoms. The first kappa shape index (κ1) is 18.9. The quantitative estimate of drug-likeness (QED) is 0.546. The lowest BCUT2D eigenvalue weighted by Crippen LogP contribution is -3.09. The first-order valence-electron chi connectivity index (χ1n) is 7.68. The monoisotopic (exact) mass is 293 g/mol. The van der Waals surface area contributed by atoms with Crippen LogP contribution in [-0.2, 0) is 10.1 Å². The summed E-state index contributed by atoms with van der Waals surface area (Å²) in [4.78, 5) is 1.87. The van der Waals surface area contributed by atoms with E-state index in [1.54, 1.807) is 0 Å².